The lowest BCUT2D eigenvalue weighted by molar-refractivity contribution is 0.0240. The highest BCUT2D eigenvalue weighted by Crippen LogP contribution is 2.52. The van der Waals surface area contributed by atoms with Gasteiger partial charge in [-0.05, 0) is 50.6 Å². The fraction of sp³-hybridized carbons (Fsp3) is 0.474. The van der Waals surface area contributed by atoms with E-state index in [-0.39, 0.29) is 11.5 Å². The Morgan fingerprint density at radius 3 is 2.65 bits per heavy atom. The summed E-state index contributed by atoms with van der Waals surface area (Å²) in [5.74, 6) is 0.850. The molecule has 3 rings (SSSR count). The van der Waals surface area contributed by atoms with Gasteiger partial charge in [-0.3, -0.25) is 0 Å². The third-order valence-corrected chi connectivity index (χ3v) is 4.68. The largest absolute Gasteiger partial charge is 0.467 e. The molecule has 0 spiro atoms. The van der Waals surface area contributed by atoms with Crippen molar-refractivity contribution in [1.29, 1.82) is 0 Å². The van der Waals surface area contributed by atoms with Crippen molar-refractivity contribution in [1.82, 2.24) is 0 Å². The summed E-state index contributed by atoms with van der Waals surface area (Å²) < 4.78 is 5.60. The summed E-state index contributed by atoms with van der Waals surface area (Å²) in [7, 11) is 0. The Morgan fingerprint density at radius 1 is 1.30 bits per heavy atom. The third kappa shape index (κ3) is 2.72. The number of aryl methyl sites for hydroxylation is 1. The zero-order valence-corrected chi connectivity index (χ0v) is 14.5. The van der Waals surface area contributed by atoms with Crippen molar-refractivity contribution in [3.63, 3.8) is 0 Å². The molecule has 1 aliphatic rings. The van der Waals surface area contributed by atoms with Crippen LogP contribution < -0.4 is 10.6 Å². The number of benzene rings is 1. The summed E-state index contributed by atoms with van der Waals surface area (Å²) in [5.41, 5.74) is 3.74. The van der Waals surface area contributed by atoms with E-state index < -0.39 is 6.10 Å². The number of anilines is 2. The van der Waals surface area contributed by atoms with Gasteiger partial charge in [0.15, 0.2) is 0 Å². The quantitative estimate of drug-likeness (QED) is 0.773. The molecule has 2 atom stereocenters. The van der Waals surface area contributed by atoms with Gasteiger partial charge in [-0.1, -0.05) is 13.8 Å². The minimum Gasteiger partial charge on any atom is -0.467 e. The molecule has 2 aromatic rings. The SMILES string of the molecule is Cc1cc(NC(C)C)cc2c1NC(c1ccco1)C(C)(C)C2O. The van der Waals surface area contributed by atoms with Crippen molar-refractivity contribution in [2.75, 3.05) is 10.6 Å². The average Bonchev–Trinajstić information content (AvgIpc) is 2.96. The van der Waals surface area contributed by atoms with E-state index in [0.717, 1.165) is 28.3 Å². The number of rotatable bonds is 3. The number of furan rings is 1. The van der Waals surface area contributed by atoms with Crippen molar-refractivity contribution < 1.29 is 9.52 Å². The molecule has 2 heterocycles. The molecule has 1 aromatic carbocycles. The Balaban J connectivity index is 2.07. The molecular formula is C19H26N2O2. The van der Waals surface area contributed by atoms with Crippen LogP contribution in [0, 0.1) is 12.3 Å². The Hall–Kier alpha value is -1.94. The second-order valence-corrected chi connectivity index (χ2v) is 7.37. The number of hydrogen-bond acceptors (Lipinski definition) is 4. The molecule has 2 unspecified atom stereocenters. The van der Waals surface area contributed by atoms with Gasteiger partial charge in [-0.25, -0.2) is 0 Å². The smallest absolute Gasteiger partial charge is 0.126 e. The molecule has 1 aliphatic heterocycles. The summed E-state index contributed by atoms with van der Waals surface area (Å²) in [6, 6.07) is 8.31. The molecule has 23 heavy (non-hydrogen) atoms. The van der Waals surface area contributed by atoms with Crippen LogP contribution in [0.4, 0.5) is 11.4 Å². The van der Waals surface area contributed by atoms with Crippen LogP contribution in [0.25, 0.3) is 0 Å². The second-order valence-electron chi connectivity index (χ2n) is 7.37. The normalized spacial score (nSPS) is 22.6. The summed E-state index contributed by atoms with van der Waals surface area (Å²) >= 11 is 0. The molecule has 4 heteroatoms. The number of hydrogen-bond donors (Lipinski definition) is 3. The van der Waals surface area contributed by atoms with E-state index >= 15 is 0 Å². The first kappa shape index (κ1) is 15.9. The van der Waals surface area contributed by atoms with Crippen LogP contribution in [0.5, 0.6) is 0 Å². The zero-order chi connectivity index (χ0) is 16.8. The predicted octanol–water partition coefficient (Wildman–Crippen LogP) is 4.63. The van der Waals surface area contributed by atoms with Crippen LogP contribution in [0.3, 0.4) is 0 Å². The molecule has 0 amide bonds. The average molecular weight is 314 g/mol. The standard InChI is InChI=1S/C19H26N2O2/c1-11(2)20-13-9-12(3)16-14(10-13)18(22)19(4,5)17(21-16)15-7-6-8-23-15/h6-11,17-18,20-22H,1-5H3. The molecule has 0 saturated carbocycles. The minimum atomic E-state index is -0.568. The predicted molar refractivity (Wildman–Crippen MR) is 93.8 cm³/mol. The number of aliphatic hydroxyl groups is 1. The molecule has 1 aromatic heterocycles. The van der Waals surface area contributed by atoms with Gasteiger partial charge >= 0.3 is 0 Å². The van der Waals surface area contributed by atoms with Gasteiger partial charge in [-0.2, -0.15) is 0 Å². The fourth-order valence-corrected chi connectivity index (χ4v) is 3.43. The molecule has 3 N–H and O–H groups in total. The van der Waals surface area contributed by atoms with Crippen LogP contribution >= 0.6 is 0 Å². The maximum atomic E-state index is 11.0. The molecule has 0 saturated heterocycles. The van der Waals surface area contributed by atoms with E-state index in [1.807, 2.05) is 12.1 Å². The van der Waals surface area contributed by atoms with Crippen molar-refractivity contribution in [2.45, 2.75) is 52.8 Å². The van der Waals surface area contributed by atoms with Gasteiger partial charge in [0.1, 0.15) is 5.76 Å². The first-order valence-electron chi connectivity index (χ1n) is 8.19. The number of fused-ring (bicyclic) bond motifs is 1. The maximum absolute atomic E-state index is 11.0. The first-order chi connectivity index (χ1) is 10.8. The van der Waals surface area contributed by atoms with Crippen LogP contribution in [0.1, 0.15) is 56.7 Å². The molecule has 0 fully saturated rings. The van der Waals surface area contributed by atoms with E-state index in [9.17, 15) is 5.11 Å². The summed E-state index contributed by atoms with van der Waals surface area (Å²) in [5, 5.41) is 18.0. The lowest BCUT2D eigenvalue weighted by atomic mass is 9.71. The highest BCUT2D eigenvalue weighted by Gasteiger charge is 2.45. The Kier molecular flexibility index (Phi) is 3.88. The topological polar surface area (TPSA) is 57.4 Å². The van der Waals surface area contributed by atoms with Crippen molar-refractivity contribution >= 4 is 11.4 Å². The Morgan fingerprint density at radius 2 is 2.04 bits per heavy atom. The van der Waals surface area contributed by atoms with Gasteiger partial charge in [0.05, 0.1) is 18.4 Å². The van der Waals surface area contributed by atoms with Crippen molar-refractivity contribution in [2.24, 2.45) is 5.41 Å². The lowest BCUT2D eigenvalue weighted by Crippen LogP contribution is -2.38. The van der Waals surface area contributed by atoms with Gasteiger partial charge in [0.25, 0.3) is 0 Å². The Labute approximate surface area is 137 Å². The maximum Gasteiger partial charge on any atom is 0.126 e. The summed E-state index contributed by atoms with van der Waals surface area (Å²) in [6.45, 7) is 10.4. The molecular weight excluding hydrogens is 288 g/mol. The van der Waals surface area contributed by atoms with Crippen LogP contribution in [-0.2, 0) is 0 Å². The Bertz CT molecular complexity index is 690. The first-order valence-corrected chi connectivity index (χ1v) is 8.19. The van der Waals surface area contributed by atoms with Gasteiger partial charge < -0.3 is 20.2 Å². The lowest BCUT2D eigenvalue weighted by Gasteiger charge is -2.44. The highest BCUT2D eigenvalue weighted by molar-refractivity contribution is 5.68. The van der Waals surface area contributed by atoms with E-state index in [1.54, 1.807) is 6.26 Å². The summed E-state index contributed by atoms with van der Waals surface area (Å²) in [4.78, 5) is 0. The van der Waals surface area contributed by atoms with Crippen molar-refractivity contribution in [3.8, 4) is 0 Å². The van der Waals surface area contributed by atoms with Gasteiger partial charge in [0.2, 0.25) is 0 Å². The molecule has 124 valence electrons. The molecule has 0 bridgehead atoms. The zero-order valence-electron chi connectivity index (χ0n) is 14.5. The van der Waals surface area contributed by atoms with Gasteiger partial charge in [0, 0.05) is 28.4 Å². The highest BCUT2D eigenvalue weighted by atomic mass is 16.3. The van der Waals surface area contributed by atoms with E-state index in [0.29, 0.717) is 6.04 Å². The second kappa shape index (κ2) is 5.60. The summed E-state index contributed by atoms with van der Waals surface area (Å²) in [6.07, 6.45) is 1.11. The van der Waals surface area contributed by atoms with Gasteiger partial charge in [-0.15, -0.1) is 0 Å². The number of nitrogens with one attached hydrogen (secondary N) is 2. The van der Waals surface area contributed by atoms with Crippen LogP contribution in [0.15, 0.2) is 34.9 Å². The number of aliphatic hydroxyl groups excluding tert-OH is 1. The van der Waals surface area contributed by atoms with E-state index in [2.05, 4.69) is 57.4 Å². The molecule has 0 radical (unpaired) electrons. The van der Waals surface area contributed by atoms with E-state index in [1.165, 1.54) is 0 Å². The minimum absolute atomic E-state index is 0.0670. The third-order valence-electron chi connectivity index (χ3n) is 4.68. The molecule has 0 aliphatic carbocycles. The van der Waals surface area contributed by atoms with E-state index in [4.69, 9.17) is 4.42 Å². The monoisotopic (exact) mass is 314 g/mol. The molecule has 4 nitrogen and oxygen atoms in total. The van der Waals surface area contributed by atoms with Crippen LogP contribution in [0.2, 0.25) is 0 Å². The van der Waals surface area contributed by atoms with Crippen molar-refractivity contribution in [3.05, 3.63) is 47.4 Å². The van der Waals surface area contributed by atoms with Crippen LogP contribution in [-0.4, -0.2) is 11.1 Å². The fourth-order valence-electron chi connectivity index (χ4n) is 3.43.